The van der Waals surface area contributed by atoms with Crippen LogP contribution in [0.3, 0.4) is 0 Å². The highest BCUT2D eigenvalue weighted by Gasteiger charge is 2.18. The quantitative estimate of drug-likeness (QED) is 0.456. The Balaban J connectivity index is 2.87. The van der Waals surface area contributed by atoms with Crippen molar-refractivity contribution >= 4 is 11.7 Å². The van der Waals surface area contributed by atoms with Gasteiger partial charge in [-0.1, -0.05) is 6.07 Å². The molecule has 0 aromatic heterocycles. The van der Waals surface area contributed by atoms with Crippen LogP contribution in [0.15, 0.2) is 12.1 Å². The molecule has 98 valence electrons. The second-order valence-electron chi connectivity index (χ2n) is 3.86. The van der Waals surface area contributed by atoms with Gasteiger partial charge in [-0.3, -0.25) is 14.9 Å². The van der Waals surface area contributed by atoms with Crippen molar-refractivity contribution < 1.29 is 19.2 Å². The molecule has 6 nitrogen and oxygen atoms in total. The number of nitro groups is 1. The van der Waals surface area contributed by atoms with E-state index in [1.54, 1.807) is 19.9 Å². The maximum Gasteiger partial charge on any atom is 0.311 e. The zero-order valence-electron chi connectivity index (χ0n) is 10.6. The van der Waals surface area contributed by atoms with Gasteiger partial charge in [0.15, 0.2) is 5.75 Å². The van der Waals surface area contributed by atoms with E-state index in [-0.39, 0.29) is 24.5 Å². The van der Waals surface area contributed by atoms with E-state index in [2.05, 4.69) is 4.74 Å². The van der Waals surface area contributed by atoms with Crippen LogP contribution in [-0.2, 0) is 9.53 Å². The lowest BCUT2D eigenvalue weighted by molar-refractivity contribution is -0.386. The fraction of sp³-hybridized carbons (Fsp3) is 0.417. The van der Waals surface area contributed by atoms with E-state index < -0.39 is 10.9 Å². The van der Waals surface area contributed by atoms with Gasteiger partial charge in [-0.05, 0) is 25.0 Å². The van der Waals surface area contributed by atoms with E-state index in [0.29, 0.717) is 5.56 Å². The lowest BCUT2D eigenvalue weighted by Gasteiger charge is -2.09. The van der Waals surface area contributed by atoms with Crippen molar-refractivity contribution in [1.82, 2.24) is 0 Å². The van der Waals surface area contributed by atoms with Crippen molar-refractivity contribution in [2.75, 3.05) is 13.7 Å². The lowest BCUT2D eigenvalue weighted by Crippen LogP contribution is -2.09. The van der Waals surface area contributed by atoms with Crippen molar-refractivity contribution in [3.63, 3.8) is 0 Å². The van der Waals surface area contributed by atoms with Crippen molar-refractivity contribution in [3.05, 3.63) is 33.4 Å². The highest BCUT2D eigenvalue weighted by molar-refractivity contribution is 5.69. The van der Waals surface area contributed by atoms with Crippen LogP contribution in [0.1, 0.15) is 17.5 Å². The van der Waals surface area contributed by atoms with E-state index in [0.717, 1.165) is 5.56 Å². The zero-order chi connectivity index (χ0) is 13.7. The first-order valence-electron chi connectivity index (χ1n) is 5.41. The van der Waals surface area contributed by atoms with Crippen LogP contribution in [0.5, 0.6) is 5.75 Å². The van der Waals surface area contributed by atoms with Gasteiger partial charge in [0.25, 0.3) is 0 Å². The molecule has 0 saturated carbocycles. The number of aryl methyl sites for hydroxylation is 2. The van der Waals surface area contributed by atoms with Gasteiger partial charge in [-0.15, -0.1) is 0 Å². The van der Waals surface area contributed by atoms with Crippen LogP contribution in [0, 0.1) is 24.0 Å². The molecule has 1 aromatic rings. The molecule has 0 atom stereocenters. The van der Waals surface area contributed by atoms with Gasteiger partial charge >= 0.3 is 11.7 Å². The largest absolute Gasteiger partial charge is 0.486 e. The molecule has 0 aliphatic heterocycles. The van der Waals surface area contributed by atoms with Gasteiger partial charge in [0.1, 0.15) is 0 Å². The van der Waals surface area contributed by atoms with E-state index >= 15 is 0 Å². The minimum Gasteiger partial charge on any atom is -0.486 e. The number of nitro benzene ring substituents is 1. The van der Waals surface area contributed by atoms with E-state index in [1.165, 1.54) is 13.2 Å². The number of ether oxygens (including phenoxy) is 2. The fourth-order valence-electron chi connectivity index (χ4n) is 1.59. The first-order chi connectivity index (χ1) is 8.45. The monoisotopic (exact) mass is 253 g/mol. The van der Waals surface area contributed by atoms with Crippen LogP contribution < -0.4 is 4.74 Å². The van der Waals surface area contributed by atoms with Crippen LogP contribution in [-0.4, -0.2) is 24.6 Å². The Kier molecular flexibility index (Phi) is 4.65. The average Bonchev–Trinajstić information content (AvgIpc) is 2.30. The molecule has 0 amide bonds. The molecule has 0 radical (unpaired) electrons. The SMILES string of the molecule is COC(=O)CCOc1c(C)cc(C)cc1[N+](=O)[O-]. The Morgan fingerprint density at radius 3 is 2.61 bits per heavy atom. The maximum atomic E-state index is 10.9. The summed E-state index contributed by atoms with van der Waals surface area (Å²) in [5.74, 6) is -0.211. The average molecular weight is 253 g/mol. The third kappa shape index (κ3) is 3.44. The topological polar surface area (TPSA) is 78.7 Å². The van der Waals surface area contributed by atoms with E-state index in [1.807, 2.05) is 0 Å². The first kappa shape index (κ1) is 14.0. The molecule has 1 aromatic carbocycles. The summed E-state index contributed by atoms with van der Waals surface area (Å²) in [7, 11) is 1.28. The molecule has 0 fully saturated rings. The van der Waals surface area contributed by atoms with Crippen molar-refractivity contribution in [3.8, 4) is 5.75 Å². The predicted octanol–water partition coefficient (Wildman–Crippen LogP) is 2.15. The Hall–Kier alpha value is -2.11. The van der Waals surface area contributed by atoms with Crippen LogP contribution in [0.4, 0.5) is 5.69 Å². The summed E-state index contributed by atoms with van der Waals surface area (Å²) in [6, 6.07) is 3.24. The van der Waals surface area contributed by atoms with Crippen LogP contribution in [0.2, 0.25) is 0 Å². The normalized spacial score (nSPS) is 9.94. The third-order valence-electron chi connectivity index (χ3n) is 2.38. The first-order valence-corrected chi connectivity index (χ1v) is 5.41. The molecule has 0 unspecified atom stereocenters. The Bertz CT molecular complexity index is 470. The minimum atomic E-state index is -0.493. The zero-order valence-corrected chi connectivity index (χ0v) is 10.6. The standard InChI is InChI=1S/C12H15NO5/c1-8-6-9(2)12(10(7-8)13(15)16)18-5-4-11(14)17-3/h6-7H,4-5H2,1-3H3. The number of nitrogens with zero attached hydrogens (tertiary/aromatic N) is 1. The minimum absolute atomic E-state index is 0.0530. The second kappa shape index (κ2) is 6.00. The van der Waals surface area contributed by atoms with Crippen LogP contribution in [0.25, 0.3) is 0 Å². The molecule has 18 heavy (non-hydrogen) atoms. The molecule has 0 heterocycles. The number of esters is 1. The number of rotatable bonds is 5. The number of benzene rings is 1. The summed E-state index contributed by atoms with van der Waals surface area (Å²) in [4.78, 5) is 21.3. The summed E-state index contributed by atoms with van der Waals surface area (Å²) in [6.45, 7) is 3.56. The molecule has 0 spiro atoms. The molecule has 1 rings (SSSR count). The fourth-order valence-corrected chi connectivity index (χ4v) is 1.59. The maximum absolute atomic E-state index is 10.9. The number of carbonyl (C=O) groups is 1. The molecule has 0 bridgehead atoms. The highest BCUT2D eigenvalue weighted by atomic mass is 16.6. The Morgan fingerprint density at radius 2 is 2.06 bits per heavy atom. The summed E-state index contributed by atoms with van der Waals surface area (Å²) in [5.41, 5.74) is 1.38. The van der Waals surface area contributed by atoms with Gasteiger partial charge in [0.05, 0.1) is 25.1 Å². The second-order valence-corrected chi connectivity index (χ2v) is 3.86. The summed E-state index contributed by atoms with van der Waals surface area (Å²) in [6.07, 6.45) is 0.0565. The van der Waals surface area contributed by atoms with E-state index in [9.17, 15) is 14.9 Å². The number of hydrogen-bond acceptors (Lipinski definition) is 5. The van der Waals surface area contributed by atoms with Gasteiger partial charge in [0, 0.05) is 6.07 Å². The number of hydrogen-bond donors (Lipinski definition) is 0. The number of carbonyl (C=O) groups excluding carboxylic acids is 1. The smallest absolute Gasteiger partial charge is 0.311 e. The van der Waals surface area contributed by atoms with Crippen LogP contribution >= 0.6 is 0 Å². The molecular weight excluding hydrogens is 238 g/mol. The summed E-state index contributed by atoms with van der Waals surface area (Å²) < 4.78 is 9.78. The molecule has 0 aliphatic carbocycles. The Labute approximate surface area is 105 Å². The Morgan fingerprint density at radius 1 is 1.39 bits per heavy atom. The lowest BCUT2D eigenvalue weighted by atomic mass is 10.1. The highest BCUT2D eigenvalue weighted by Crippen LogP contribution is 2.32. The molecule has 0 aliphatic rings. The summed E-state index contributed by atoms with van der Waals surface area (Å²) in [5, 5.41) is 10.9. The van der Waals surface area contributed by atoms with Gasteiger partial charge in [-0.2, -0.15) is 0 Å². The van der Waals surface area contributed by atoms with E-state index in [4.69, 9.17) is 4.74 Å². The molecular formula is C12H15NO5. The van der Waals surface area contributed by atoms with Gasteiger partial charge in [-0.25, -0.2) is 0 Å². The van der Waals surface area contributed by atoms with Crippen molar-refractivity contribution in [2.24, 2.45) is 0 Å². The van der Waals surface area contributed by atoms with Crippen molar-refractivity contribution in [2.45, 2.75) is 20.3 Å². The van der Waals surface area contributed by atoms with Crippen molar-refractivity contribution in [1.29, 1.82) is 0 Å². The summed E-state index contributed by atoms with van der Waals surface area (Å²) >= 11 is 0. The molecule has 0 saturated heterocycles. The molecule has 6 heteroatoms. The predicted molar refractivity (Wildman–Crippen MR) is 64.7 cm³/mol. The van der Waals surface area contributed by atoms with Gasteiger partial charge < -0.3 is 9.47 Å². The third-order valence-corrected chi connectivity index (χ3v) is 2.38. The number of methoxy groups -OCH3 is 1. The van der Waals surface area contributed by atoms with Gasteiger partial charge in [0.2, 0.25) is 0 Å². The molecule has 0 N–H and O–H groups in total.